The summed E-state index contributed by atoms with van der Waals surface area (Å²) in [5, 5.41) is 3.93. The van der Waals surface area contributed by atoms with Gasteiger partial charge in [0.2, 0.25) is 11.7 Å². The van der Waals surface area contributed by atoms with E-state index in [0.29, 0.717) is 11.7 Å². The van der Waals surface area contributed by atoms with Gasteiger partial charge in [0.25, 0.3) is 0 Å². The highest BCUT2D eigenvalue weighted by molar-refractivity contribution is 7.15. The predicted octanol–water partition coefficient (Wildman–Crippen LogP) is 3.23. The summed E-state index contributed by atoms with van der Waals surface area (Å²) in [4.78, 5) is 6.77. The maximum absolute atomic E-state index is 4.98. The van der Waals surface area contributed by atoms with Crippen molar-refractivity contribution in [1.82, 2.24) is 10.1 Å². The third kappa shape index (κ3) is 1.95. The third-order valence-corrected chi connectivity index (χ3v) is 3.66. The van der Waals surface area contributed by atoms with Crippen LogP contribution in [-0.2, 0) is 12.8 Å². The molecule has 0 saturated carbocycles. The SMILES string of the molecule is CCc1cc(-c2noc(C)n2)sc1CC. The van der Waals surface area contributed by atoms with Crippen molar-refractivity contribution in [3.8, 4) is 10.7 Å². The van der Waals surface area contributed by atoms with Crippen molar-refractivity contribution in [2.24, 2.45) is 0 Å². The van der Waals surface area contributed by atoms with Crippen LogP contribution in [0.15, 0.2) is 10.6 Å². The number of thiophene rings is 1. The molecule has 3 nitrogen and oxygen atoms in total. The molecule has 2 aromatic heterocycles. The largest absolute Gasteiger partial charge is 0.339 e. The van der Waals surface area contributed by atoms with Crippen LogP contribution in [0, 0.1) is 6.92 Å². The summed E-state index contributed by atoms with van der Waals surface area (Å²) in [5.74, 6) is 1.33. The number of aryl methyl sites for hydroxylation is 3. The van der Waals surface area contributed by atoms with Crippen LogP contribution >= 0.6 is 11.3 Å². The lowest BCUT2D eigenvalue weighted by atomic mass is 10.1. The quantitative estimate of drug-likeness (QED) is 0.800. The Morgan fingerprint density at radius 3 is 2.60 bits per heavy atom. The molecule has 0 bridgehead atoms. The van der Waals surface area contributed by atoms with Gasteiger partial charge < -0.3 is 4.52 Å². The van der Waals surface area contributed by atoms with Gasteiger partial charge in [0.1, 0.15) is 0 Å². The number of hydrogen-bond donors (Lipinski definition) is 0. The van der Waals surface area contributed by atoms with Gasteiger partial charge in [-0.2, -0.15) is 4.98 Å². The van der Waals surface area contributed by atoms with Gasteiger partial charge in [0.15, 0.2) is 0 Å². The van der Waals surface area contributed by atoms with Crippen molar-refractivity contribution in [2.75, 3.05) is 0 Å². The zero-order chi connectivity index (χ0) is 10.8. The van der Waals surface area contributed by atoms with Crippen molar-refractivity contribution in [3.63, 3.8) is 0 Å². The average molecular weight is 222 g/mol. The Labute approximate surface area is 93.1 Å². The van der Waals surface area contributed by atoms with E-state index in [4.69, 9.17) is 4.52 Å². The van der Waals surface area contributed by atoms with Crippen LogP contribution in [0.4, 0.5) is 0 Å². The molecule has 80 valence electrons. The fraction of sp³-hybridized carbons (Fsp3) is 0.455. The van der Waals surface area contributed by atoms with Crippen molar-refractivity contribution in [1.29, 1.82) is 0 Å². The fourth-order valence-corrected chi connectivity index (χ4v) is 2.69. The van der Waals surface area contributed by atoms with Crippen molar-refractivity contribution < 1.29 is 4.52 Å². The van der Waals surface area contributed by atoms with E-state index >= 15 is 0 Å². The maximum atomic E-state index is 4.98. The normalized spacial score (nSPS) is 10.9. The van der Waals surface area contributed by atoms with E-state index < -0.39 is 0 Å². The van der Waals surface area contributed by atoms with Crippen LogP contribution in [-0.4, -0.2) is 10.1 Å². The standard InChI is InChI=1S/C11H14N2OS/c1-4-8-6-10(15-9(8)5-2)11-12-7(3)14-13-11/h6H,4-5H2,1-3H3. The molecule has 4 heteroatoms. The molecule has 0 radical (unpaired) electrons. The van der Waals surface area contributed by atoms with Gasteiger partial charge in [-0.3, -0.25) is 0 Å². The smallest absolute Gasteiger partial charge is 0.223 e. The molecule has 0 aromatic carbocycles. The first-order valence-corrected chi connectivity index (χ1v) is 5.98. The summed E-state index contributed by atoms with van der Waals surface area (Å²) in [6, 6.07) is 2.17. The maximum Gasteiger partial charge on any atom is 0.223 e. The lowest BCUT2D eigenvalue weighted by Gasteiger charge is -1.92. The minimum absolute atomic E-state index is 0.620. The van der Waals surface area contributed by atoms with Gasteiger partial charge in [0.05, 0.1) is 4.88 Å². The number of rotatable bonds is 3. The predicted molar refractivity (Wildman–Crippen MR) is 61.1 cm³/mol. The molecule has 0 amide bonds. The van der Waals surface area contributed by atoms with E-state index in [1.165, 1.54) is 10.4 Å². The van der Waals surface area contributed by atoms with Gasteiger partial charge in [-0.1, -0.05) is 19.0 Å². The topological polar surface area (TPSA) is 38.9 Å². The van der Waals surface area contributed by atoms with Gasteiger partial charge >= 0.3 is 0 Å². The van der Waals surface area contributed by atoms with Crippen LogP contribution in [0.3, 0.4) is 0 Å². The van der Waals surface area contributed by atoms with Gasteiger partial charge in [0, 0.05) is 11.8 Å². The molecule has 0 atom stereocenters. The summed E-state index contributed by atoms with van der Waals surface area (Å²) in [5.41, 5.74) is 1.40. The zero-order valence-corrected chi connectivity index (χ0v) is 10.0. The summed E-state index contributed by atoms with van der Waals surface area (Å²) in [6.07, 6.45) is 2.14. The molecule has 0 aliphatic rings. The summed E-state index contributed by atoms with van der Waals surface area (Å²) >= 11 is 1.77. The first-order chi connectivity index (χ1) is 7.24. The Morgan fingerprint density at radius 2 is 2.13 bits per heavy atom. The monoisotopic (exact) mass is 222 g/mol. The van der Waals surface area contributed by atoms with E-state index in [-0.39, 0.29) is 0 Å². The van der Waals surface area contributed by atoms with Crippen LogP contribution in [0.2, 0.25) is 0 Å². The minimum Gasteiger partial charge on any atom is -0.339 e. The van der Waals surface area contributed by atoms with Crippen LogP contribution in [0.25, 0.3) is 10.7 Å². The molecule has 0 N–H and O–H groups in total. The van der Waals surface area contributed by atoms with Gasteiger partial charge in [-0.05, 0) is 24.5 Å². The summed E-state index contributed by atoms with van der Waals surface area (Å²) in [7, 11) is 0. The van der Waals surface area contributed by atoms with Gasteiger partial charge in [-0.25, -0.2) is 0 Å². The van der Waals surface area contributed by atoms with E-state index in [1.54, 1.807) is 11.3 Å². The molecular formula is C11H14N2OS. The van der Waals surface area contributed by atoms with Crippen LogP contribution < -0.4 is 0 Å². The number of hydrogen-bond acceptors (Lipinski definition) is 4. The molecular weight excluding hydrogens is 208 g/mol. The van der Waals surface area contributed by atoms with E-state index in [2.05, 4.69) is 30.1 Å². The van der Waals surface area contributed by atoms with E-state index in [0.717, 1.165) is 17.7 Å². The molecule has 15 heavy (non-hydrogen) atoms. The highest BCUT2D eigenvalue weighted by atomic mass is 32.1. The van der Waals surface area contributed by atoms with Gasteiger partial charge in [-0.15, -0.1) is 11.3 Å². The Morgan fingerprint density at radius 1 is 1.33 bits per heavy atom. The molecule has 0 saturated heterocycles. The van der Waals surface area contributed by atoms with Crippen LogP contribution in [0.5, 0.6) is 0 Å². The second-order valence-corrected chi connectivity index (χ2v) is 4.54. The zero-order valence-electron chi connectivity index (χ0n) is 9.20. The first kappa shape index (κ1) is 10.4. The number of nitrogens with zero attached hydrogens (tertiary/aromatic N) is 2. The molecule has 2 rings (SSSR count). The molecule has 0 aliphatic carbocycles. The molecule has 0 fully saturated rings. The van der Waals surface area contributed by atoms with Crippen LogP contribution in [0.1, 0.15) is 30.2 Å². The lowest BCUT2D eigenvalue weighted by Crippen LogP contribution is -1.80. The number of aromatic nitrogens is 2. The van der Waals surface area contributed by atoms with E-state index in [1.807, 2.05) is 6.92 Å². The van der Waals surface area contributed by atoms with Crippen molar-refractivity contribution in [3.05, 3.63) is 22.4 Å². The highest BCUT2D eigenvalue weighted by Gasteiger charge is 2.12. The Hall–Kier alpha value is -1.16. The summed E-state index contributed by atoms with van der Waals surface area (Å²) in [6.45, 7) is 6.16. The molecule has 0 spiro atoms. The summed E-state index contributed by atoms with van der Waals surface area (Å²) < 4.78 is 4.98. The Balaban J connectivity index is 2.41. The highest BCUT2D eigenvalue weighted by Crippen LogP contribution is 2.30. The fourth-order valence-electron chi connectivity index (χ4n) is 1.57. The molecule has 0 aliphatic heterocycles. The first-order valence-electron chi connectivity index (χ1n) is 5.16. The molecule has 0 unspecified atom stereocenters. The Kier molecular flexibility index (Phi) is 2.86. The van der Waals surface area contributed by atoms with Crippen molar-refractivity contribution in [2.45, 2.75) is 33.6 Å². The second-order valence-electron chi connectivity index (χ2n) is 3.40. The molecule has 2 aromatic rings. The second kappa shape index (κ2) is 4.14. The average Bonchev–Trinajstić information content (AvgIpc) is 2.82. The lowest BCUT2D eigenvalue weighted by molar-refractivity contribution is 0.394. The Bertz CT molecular complexity index is 437. The van der Waals surface area contributed by atoms with E-state index in [9.17, 15) is 0 Å². The molecule has 2 heterocycles. The third-order valence-electron chi connectivity index (χ3n) is 2.35. The van der Waals surface area contributed by atoms with Crippen molar-refractivity contribution >= 4 is 11.3 Å². The minimum atomic E-state index is 0.620.